The summed E-state index contributed by atoms with van der Waals surface area (Å²) in [7, 11) is 1.26. The maximum absolute atomic E-state index is 11.5. The number of nitrogens with one attached hydrogen (secondary N) is 1. The van der Waals surface area contributed by atoms with Gasteiger partial charge in [-0.15, -0.1) is 11.6 Å². The molecule has 0 saturated carbocycles. The molecule has 0 aliphatic heterocycles. The first-order valence-corrected chi connectivity index (χ1v) is 5.88. The summed E-state index contributed by atoms with van der Waals surface area (Å²) in [5.74, 6) is -0.545. The van der Waals surface area contributed by atoms with Gasteiger partial charge in [0, 0.05) is 11.8 Å². The molecule has 1 N–H and O–H groups in total. The van der Waals surface area contributed by atoms with Crippen LogP contribution in [0.2, 0.25) is 0 Å². The van der Waals surface area contributed by atoms with Crippen LogP contribution in [-0.2, 0) is 14.3 Å². The standard InChI is InChI=1S/C11H20ClNO4/c1-7(6-12)8(9(14)16-5)13-10(15)17-11(2,3)4/h7-8H,6H2,1-5H3,(H,13,15). The van der Waals surface area contributed by atoms with Gasteiger partial charge in [0.1, 0.15) is 11.6 Å². The van der Waals surface area contributed by atoms with Crippen LogP contribution < -0.4 is 5.32 Å². The largest absolute Gasteiger partial charge is 0.467 e. The van der Waals surface area contributed by atoms with Crippen LogP contribution in [0.5, 0.6) is 0 Å². The van der Waals surface area contributed by atoms with Crippen molar-refractivity contribution >= 4 is 23.7 Å². The van der Waals surface area contributed by atoms with Gasteiger partial charge in [0.15, 0.2) is 0 Å². The van der Waals surface area contributed by atoms with Crippen LogP contribution in [0.4, 0.5) is 4.79 Å². The van der Waals surface area contributed by atoms with Crippen molar-refractivity contribution in [3.05, 3.63) is 0 Å². The summed E-state index contributed by atoms with van der Waals surface area (Å²) in [6, 6.07) is -0.799. The van der Waals surface area contributed by atoms with Gasteiger partial charge in [-0.3, -0.25) is 0 Å². The molecule has 0 aromatic rings. The first-order valence-electron chi connectivity index (χ1n) is 5.34. The zero-order valence-electron chi connectivity index (χ0n) is 10.9. The van der Waals surface area contributed by atoms with E-state index in [-0.39, 0.29) is 11.8 Å². The number of rotatable bonds is 4. The van der Waals surface area contributed by atoms with Crippen LogP contribution in [0, 0.1) is 5.92 Å². The number of alkyl carbamates (subject to hydrolysis) is 1. The fraction of sp³-hybridized carbons (Fsp3) is 0.818. The second-order valence-corrected chi connectivity index (χ2v) is 5.09. The lowest BCUT2D eigenvalue weighted by Gasteiger charge is -2.24. The van der Waals surface area contributed by atoms with Gasteiger partial charge < -0.3 is 14.8 Å². The summed E-state index contributed by atoms with van der Waals surface area (Å²) in [4.78, 5) is 23.0. The van der Waals surface area contributed by atoms with Crippen molar-refractivity contribution < 1.29 is 19.1 Å². The first kappa shape index (κ1) is 16.0. The molecule has 0 heterocycles. The molecular weight excluding hydrogens is 246 g/mol. The Morgan fingerprint density at radius 2 is 1.88 bits per heavy atom. The first-order chi connectivity index (χ1) is 7.71. The summed E-state index contributed by atoms with van der Waals surface area (Å²) < 4.78 is 9.66. The van der Waals surface area contributed by atoms with Crippen molar-refractivity contribution in [1.29, 1.82) is 0 Å². The Morgan fingerprint density at radius 1 is 1.35 bits per heavy atom. The van der Waals surface area contributed by atoms with E-state index in [2.05, 4.69) is 10.1 Å². The Balaban J connectivity index is 4.54. The summed E-state index contributed by atoms with van der Waals surface area (Å²) in [6.45, 7) is 6.96. The topological polar surface area (TPSA) is 64.6 Å². The Labute approximate surface area is 107 Å². The number of esters is 1. The molecule has 2 atom stereocenters. The zero-order valence-corrected chi connectivity index (χ0v) is 11.6. The third-order valence-corrected chi connectivity index (χ3v) is 2.43. The van der Waals surface area contributed by atoms with Crippen molar-refractivity contribution in [2.24, 2.45) is 5.92 Å². The number of hydrogen-bond acceptors (Lipinski definition) is 4. The molecule has 0 fully saturated rings. The number of hydrogen-bond donors (Lipinski definition) is 1. The monoisotopic (exact) mass is 265 g/mol. The van der Waals surface area contributed by atoms with Crippen LogP contribution in [0.15, 0.2) is 0 Å². The van der Waals surface area contributed by atoms with Crippen LogP contribution in [0.3, 0.4) is 0 Å². The minimum absolute atomic E-state index is 0.232. The molecule has 1 amide bonds. The van der Waals surface area contributed by atoms with Crippen molar-refractivity contribution in [2.75, 3.05) is 13.0 Å². The van der Waals surface area contributed by atoms with Gasteiger partial charge >= 0.3 is 12.1 Å². The zero-order chi connectivity index (χ0) is 13.6. The molecule has 100 valence electrons. The van der Waals surface area contributed by atoms with Crippen LogP contribution >= 0.6 is 11.6 Å². The van der Waals surface area contributed by atoms with Crippen LogP contribution in [-0.4, -0.2) is 36.7 Å². The number of amides is 1. The molecule has 0 spiro atoms. The number of carbonyl (C=O) groups is 2. The summed E-state index contributed by atoms with van der Waals surface area (Å²) in [5, 5.41) is 2.45. The van der Waals surface area contributed by atoms with Gasteiger partial charge in [-0.1, -0.05) is 6.92 Å². The van der Waals surface area contributed by atoms with Crippen molar-refractivity contribution in [2.45, 2.75) is 39.3 Å². The number of methoxy groups -OCH3 is 1. The number of alkyl halides is 1. The van der Waals surface area contributed by atoms with E-state index in [4.69, 9.17) is 16.3 Å². The highest BCUT2D eigenvalue weighted by atomic mass is 35.5. The molecule has 0 bridgehead atoms. The normalized spacial score (nSPS) is 14.7. The third kappa shape index (κ3) is 6.36. The van der Waals surface area contributed by atoms with Crippen LogP contribution in [0.25, 0.3) is 0 Å². The van der Waals surface area contributed by atoms with Gasteiger partial charge in [0.05, 0.1) is 7.11 Å². The third-order valence-electron chi connectivity index (χ3n) is 1.94. The number of carbonyl (C=O) groups excluding carboxylic acids is 2. The highest BCUT2D eigenvalue weighted by Gasteiger charge is 2.29. The van der Waals surface area contributed by atoms with Gasteiger partial charge in [0.2, 0.25) is 0 Å². The van der Waals surface area contributed by atoms with Gasteiger partial charge in [-0.05, 0) is 20.8 Å². The minimum atomic E-state index is -0.799. The van der Waals surface area contributed by atoms with Gasteiger partial charge in [0.25, 0.3) is 0 Å². The second kappa shape index (κ2) is 6.69. The molecule has 0 rings (SSSR count). The molecule has 0 aromatic carbocycles. The quantitative estimate of drug-likeness (QED) is 0.623. The van der Waals surface area contributed by atoms with Gasteiger partial charge in [-0.2, -0.15) is 0 Å². The minimum Gasteiger partial charge on any atom is -0.467 e. The molecule has 17 heavy (non-hydrogen) atoms. The summed E-state index contributed by atoms with van der Waals surface area (Å²) in [5.41, 5.74) is -0.616. The van der Waals surface area contributed by atoms with E-state index in [0.29, 0.717) is 0 Å². The molecular formula is C11H20ClNO4. The SMILES string of the molecule is COC(=O)C(NC(=O)OC(C)(C)C)C(C)CCl. The highest BCUT2D eigenvalue weighted by molar-refractivity contribution is 6.18. The van der Waals surface area contributed by atoms with E-state index in [1.165, 1.54) is 7.11 Å². The van der Waals surface area contributed by atoms with Crippen molar-refractivity contribution in [3.63, 3.8) is 0 Å². The van der Waals surface area contributed by atoms with Crippen molar-refractivity contribution in [1.82, 2.24) is 5.32 Å². The predicted octanol–water partition coefficient (Wildman–Crippen LogP) is 1.93. The fourth-order valence-electron chi connectivity index (χ4n) is 1.08. The van der Waals surface area contributed by atoms with Crippen molar-refractivity contribution in [3.8, 4) is 0 Å². The van der Waals surface area contributed by atoms with E-state index >= 15 is 0 Å². The lowest BCUT2D eigenvalue weighted by atomic mass is 10.0. The molecule has 5 nitrogen and oxygen atoms in total. The van der Waals surface area contributed by atoms with E-state index in [9.17, 15) is 9.59 Å². The summed E-state index contributed by atoms with van der Waals surface area (Å²) in [6.07, 6.45) is -0.662. The highest BCUT2D eigenvalue weighted by Crippen LogP contribution is 2.10. The molecule has 2 unspecified atom stereocenters. The van der Waals surface area contributed by atoms with E-state index < -0.39 is 23.7 Å². The fourth-order valence-corrected chi connectivity index (χ4v) is 1.26. The van der Waals surface area contributed by atoms with Gasteiger partial charge in [-0.25, -0.2) is 9.59 Å². The van der Waals surface area contributed by atoms with E-state index in [0.717, 1.165) is 0 Å². The number of halogens is 1. The molecule has 0 saturated heterocycles. The Bertz CT molecular complexity index is 275. The second-order valence-electron chi connectivity index (χ2n) is 4.78. The molecule has 0 aromatic heterocycles. The van der Waals surface area contributed by atoms with Crippen LogP contribution in [0.1, 0.15) is 27.7 Å². The maximum Gasteiger partial charge on any atom is 0.408 e. The average molecular weight is 266 g/mol. The lowest BCUT2D eigenvalue weighted by Crippen LogP contribution is -2.48. The molecule has 0 aliphatic rings. The number of ether oxygens (including phenoxy) is 2. The Morgan fingerprint density at radius 3 is 2.24 bits per heavy atom. The average Bonchev–Trinajstić information content (AvgIpc) is 2.21. The van der Waals surface area contributed by atoms with E-state index in [1.807, 2.05) is 0 Å². The summed E-state index contributed by atoms with van der Waals surface area (Å²) >= 11 is 5.66. The maximum atomic E-state index is 11.5. The Kier molecular flexibility index (Phi) is 6.31. The molecule has 0 radical (unpaired) electrons. The Hall–Kier alpha value is -0.970. The molecule has 6 heteroatoms. The smallest absolute Gasteiger partial charge is 0.408 e. The van der Waals surface area contributed by atoms with E-state index in [1.54, 1.807) is 27.7 Å². The predicted molar refractivity (Wildman–Crippen MR) is 65.1 cm³/mol. The molecule has 0 aliphatic carbocycles. The lowest BCUT2D eigenvalue weighted by molar-refractivity contribution is -0.144.